The first-order valence-electron chi connectivity index (χ1n) is 10.8. The number of benzene rings is 2. The first kappa shape index (κ1) is 24.1. The lowest BCUT2D eigenvalue weighted by molar-refractivity contribution is -0.932. The molecule has 1 aliphatic heterocycles. The Morgan fingerprint density at radius 2 is 1.50 bits per heavy atom. The van der Waals surface area contributed by atoms with Crippen molar-refractivity contribution in [2.24, 2.45) is 0 Å². The second kappa shape index (κ2) is 11.8. The minimum Gasteiger partial charge on any atom is -0.724 e. The largest absolute Gasteiger partial charge is 0.724 e. The number of amides is 1. The van der Waals surface area contributed by atoms with Crippen molar-refractivity contribution in [1.29, 1.82) is 0 Å². The van der Waals surface area contributed by atoms with Gasteiger partial charge in [-0.1, -0.05) is 48.5 Å². The molecule has 0 saturated carbocycles. The smallest absolute Gasteiger partial charge is 0.281 e. The Kier molecular flexibility index (Phi) is 9.50. The summed E-state index contributed by atoms with van der Waals surface area (Å²) < 4.78 is 0.887. The van der Waals surface area contributed by atoms with Crippen molar-refractivity contribution >= 4 is 11.6 Å². The summed E-state index contributed by atoms with van der Waals surface area (Å²) in [5.74, 6) is 0.227. The summed E-state index contributed by atoms with van der Waals surface area (Å²) in [6, 6.07) is 16.9. The first-order chi connectivity index (χ1) is 14.4. The molecule has 0 N–H and O–H groups in total. The van der Waals surface area contributed by atoms with Crippen LogP contribution in [0.2, 0.25) is 0 Å². The van der Waals surface area contributed by atoms with E-state index in [1.54, 1.807) is 0 Å². The quantitative estimate of drug-likeness (QED) is 0.427. The number of carbonyl (C=O) groups is 1. The maximum absolute atomic E-state index is 13.3. The van der Waals surface area contributed by atoms with Gasteiger partial charge in [0.25, 0.3) is 5.91 Å². The van der Waals surface area contributed by atoms with Crippen LogP contribution < -0.4 is 10.2 Å². The number of quaternary nitrogens is 1. The third-order valence-corrected chi connectivity index (χ3v) is 6.00. The Morgan fingerprint density at radius 3 is 2.03 bits per heavy atom. The number of para-hydroxylation sites is 1. The Labute approximate surface area is 181 Å². The predicted octanol–water partition coefficient (Wildman–Crippen LogP) is 3.77. The zero-order valence-corrected chi connectivity index (χ0v) is 18.9. The van der Waals surface area contributed by atoms with Gasteiger partial charge in [-0.15, -0.1) is 0 Å². The lowest BCUT2D eigenvalue weighted by Gasteiger charge is -2.38. The van der Waals surface area contributed by atoms with E-state index >= 15 is 0 Å². The number of carbonyl (C=O) groups excluding carboxylic acids is 1. The molecular weight excluding hydrogens is 376 g/mol. The third kappa shape index (κ3) is 6.66. The van der Waals surface area contributed by atoms with Crippen LogP contribution in [0.1, 0.15) is 42.4 Å². The van der Waals surface area contributed by atoms with Gasteiger partial charge < -0.3 is 19.5 Å². The number of nitrogens with zero attached hydrogens (tertiary/aromatic N) is 2. The molecule has 0 bridgehead atoms. The molecule has 2 aromatic rings. The van der Waals surface area contributed by atoms with Crippen LogP contribution in [-0.2, 0) is 16.2 Å². The van der Waals surface area contributed by atoms with Crippen molar-refractivity contribution in [2.45, 2.75) is 46.1 Å². The van der Waals surface area contributed by atoms with Crippen molar-refractivity contribution < 1.29 is 19.4 Å². The maximum atomic E-state index is 13.3. The lowest BCUT2D eigenvalue weighted by atomic mass is 10.1. The van der Waals surface area contributed by atoms with Crippen LogP contribution in [0.5, 0.6) is 0 Å². The van der Waals surface area contributed by atoms with Crippen LogP contribution >= 0.6 is 0 Å². The van der Waals surface area contributed by atoms with Gasteiger partial charge in [0, 0.05) is 25.4 Å². The molecular formula is C25H36N2O3. The van der Waals surface area contributed by atoms with Crippen LogP contribution in [0.25, 0.3) is 0 Å². The summed E-state index contributed by atoms with van der Waals surface area (Å²) in [6.45, 7) is 7.91. The van der Waals surface area contributed by atoms with E-state index in [1.165, 1.54) is 31.2 Å². The van der Waals surface area contributed by atoms with Gasteiger partial charge >= 0.3 is 0 Å². The van der Waals surface area contributed by atoms with Gasteiger partial charge in [-0.3, -0.25) is 4.79 Å². The van der Waals surface area contributed by atoms with Crippen LogP contribution in [0.15, 0.2) is 48.5 Å². The van der Waals surface area contributed by atoms with Crippen LogP contribution in [0, 0.1) is 13.8 Å². The molecule has 30 heavy (non-hydrogen) atoms. The van der Waals surface area contributed by atoms with Crippen molar-refractivity contribution in [2.75, 3.05) is 38.7 Å². The molecule has 0 unspecified atom stereocenters. The van der Waals surface area contributed by atoms with Crippen molar-refractivity contribution in [1.82, 2.24) is 0 Å². The van der Waals surface area contributed by atoms with Crippen LogP contribution in [0.4, 0.5) is 5.69 Å². The fourth-order valence-electron chi connectivity index (χ4n) is 4.56. The summed E-state index contributed by atoms with van der Waals surface area (Å²) in [4.78, 5) is 18.2. The second-order valence-electron chi connectivity index (χ2n) is 8.36. The number of likely N-dealkylation sites (N-methyl/N-ethyl adjacent to an activating group) is 1. The molecule has 0 atom stereocenters. The molecule has 2 aromatic carbocycles. The molecule has 1 aliphatic rings. The predicted molar refractivity (Wildman–Crippen MR) is 120 cm³/mol. The highest BCUT2D eigenvalue weighted by atomic mass is 17.1. The summed E-state index contributed by atoms with van der Waals surface area (Å²) in [6.07, 6.45) is 5.01. The van der Waals surface area contributed by atoms with Crippen LogP contribution in [0.3, 0.4) is 0 Å². The fraction of sp³-hybridized carbons (Fsp3) is 0.480. The molecule has 3 rings (SSSR count). The highest BCUT2D eigenvalue weighted by molar-refractivity contribution is 5.95. The number of rotatable bonds is 5. The molecule has 0 radical (unpaired) electrons. The van der Waals surface area contributed by atoms with Crippen molar-refractivity contribution in [3.05, 3.63) is 65.2 Å². The van der Waals surface area contributed by atoms with E-state index in [0.717, 1.165) is 48.0 Å². The Balaban J connectivity index is 0.00000101. The average Bonchev–Trinajstić information content (AvgIpc) is 2.94. The maximum Gasteiger partial charge on any atom is 0.281 e. The van der Waals surface area contributed by atoms with Gasteiger partial charge in [0.05, 0.1) is 13.1 Å². The third-order valence-electron chi connectivity index (χ3n) is 6.00. The van der Waals surface area contributed by atoms with E-state index < -0.39 is 0 Å². The molecule has 0 aromatic heterocycles. The monoisotopic (exact) mass is 412 g/mol. The minimum absolute atomic E-state index is 0.227. The number of hydrogen-bond donors (Lipinski definition) is 0. The summed E-state index contributed by atoms with van der Waals surface area (Å²) in [5.41, 5.74) is 4.73. The first-order valence-corrected chi connectivity index (χ1v) is 10.8. The van der Waals surface area contributed by atoms with E-state index in [2.05, 4.69) is 67.3 Å². The molecule has 1 heterocycles. The Morgan fingerprint density at radius 1 is 0.967 bits per heavy atom. The number of hydrogen-bond acceptors (Lipinski definition) is 3. The van der Waals surface area contributed by atoms with Gasteiger partial charge in [-0.25, -0.2) is 0 Å². The number of aryl methyl sites for hydroxylation is 2. The van der Waals surface area contributed by atoms with E-state index in [-0.39, 0.29) is 5.91 Å². The molecule has 0 spiro atoms. The zero-order valence-electron chi connectivity index (χ0n) is 18.9. The van der Waals surface area contributed by atoms with Crippen LogP contribution in [-0.4, -0.2) is 44.2 Å². The molecule has 1 saturated heterocycles. The van der Waals surface area contributed by atoms with Gasteiger partial charge in [0.1, 0.15) is 6.54 Å². The highest BCUT2D eigenvalue weighted by Crippen LogP contribution is 2.26. The van der Waals surface area contributed by atoms with Gasteiger partial charge in [0.2, 0.25) is 0 Å². The Bertz CT molecular complexity index is 764. The second-order valence-corrected chi connectivity index (χ2v) is 8.36. The standard InChI is InChI=1S/C24H33N2O.CH4O2/c1-20-12-11-13-21(2)24(20)25(3)23(27)19-26(16-9-4-5-10-17-26)18-22-14-7-6-8-15-22;1-3-2/h6-8,11-15H,4-5,9-10,16-19H2,1-3H3;2H,1H3/q+1;/p-1. The van der Waals surface area contributed by atoms with Crippen molar-refractivity contribution in [3.8, 4) is 0 Å². The lowest BCUT2D eigenvalue weighted by Crippen LogP contribution is -2.53. The molecule has 164 valence electrons. The van der Waals surface area contributed by atoms with E-state index in [0.29, 0.717) is 6.54 Å². The molecule has 5 nitrogen and oxygen atoms in total. The summed E-state index contributed by atoms with van der Waals surface area (Å²) >= 11 is 0. The normalized spacial score (nSPS) is 15.5. The summed E-state index contributed by atoms with van der Waals surface area (Å²) in [5, 5.41) is 8.43. The van der Waals surface area contributed by atoms with E-state index in [9.17, 15) is 4.79 Å². The highest BCUT2D eigenvalue weighted by Gasteiger charge is 2.33. The fourth-order valence-corrected chi connectivity index (χ4v) is 4.56. The van der Waals surface area contributed by atoms with E-state index in [4.69, 9.17) is 5.26 Å². The van der Waals surface area contributed by atoms with E-state index in [1.807, 2.05) is 11.9 Å². The van der Waals surface area contributed by atoms with Gasteiger partial charge in [-0.05, 0) is 50.7 Å². The average molecular weight is 413 g/mol. The molecule has 1 amide bonds. The van der Waals surface area contributed by atoms with Crippen molar-refractivity contribution in [3.63, 3.8) is 0 Å². The zero-order chi connectivity index (χ0) is 22.0. The number of likely N-dealkylation sites (tertiary alicyclic amines) is 1. The number of anilines is 1. The minimum atomic E-state index is 0.227. The SMILES string of the molecule is CO[O-].Cc1cccc(C)c1N(C)C(=O)C[N+]1(Cc2ccccc2)CCCCCC1. The molecule has 0 aliphatic carbocycles. The van der Waals surface area contributed by atoms with Gasteiger partial charge in [-0.2, -0.15) is 0 Å². The molecule has 1 fully saturated rings. The topological polar surface area (TPSA) is 52.6 Å². The molecule has 5 heteroatoms. The Hall–Kier alpha value is -2.21. The van der Waals surface area contributed by atoms with Gasteiger partial charge in [0.15, 0.2) is 6.54 Å². The summed E-state index contributed by atoms with van der Waals surface area (Å²) in [7, 11) is 3.01.